The van der Waals surface area contributed by atoms with Crippen molar-refractivity contribution in [2.24, 2.45) is 5.84 Å². The van der Waals surface area contributed by atoms with E-state index in [1.54, 1.807) is 31.2 Å². The molecule has 0 saturated carbocycles. The van der Waals surface area contributed by atoms with E-state index in [-0.39, 0.29) is 12.5 Å². The highest BCUT2D eigenvalue weighted by Crippen LogP contribution is 2.07. The molecular formula is C11H13N5O2. The molecule has 2 rings (SSSR count). The fourth-order valence-electron chi connectivity index (χ4n) is 1.39. The molecule has 0 bridgehead atoms. The largest absolute Gasteiger partial charge is 0.345 e. The van der Waals surface area contributed by atoms with Gasteiger partial charge in [0.15, 0.2) is 5.82 Å². The van der Waals surface area contributed by atoms with Crippen LogP contribution in [0.5, 0.6) is 0 Å². The van der Waals surface area contributed by atoms with Crippen LogP contribution in [0.1, 0.15) is 22.1 Å². The number of rotatable bonds is 4. The van der Waals surface area contributed by atoms with E-state index in [9.17, 15) is 4.79 Å². The minimum absolute atomic E-state index is 0.207. The molecular weight excluding hydrogens is 234 g/mol. The van der Waals surface area contributed by atoms with Gasteiger partial charge in [-0.25, -0.2) is 0 Å². The molecule has 0 radical (unpaired) electrons. The molecule has 0 fully saturated rings. The first-order valence-electron chi connectivity index (χ1n) is 5.33. The van der Waals surface area contributed by atoms with Gasteiger partial charge in [-0.15, -0.1) is 0 Å². The topological polar surface area (TPSA) is 106 Å². The first-order valence-corrected chi connectivity index (χ1v) is 5.33. The van der Waals surface area contributed by atoms with E-state index in [4.69, 9.17) is 10.4 Å². The molecule has 1 aromatic heterocycles. The van der Waals surface area contributed by atoms with E-state index in [1.165, 1.54) is 0 Å². The number of carbonyl (C=O) groups excluding carboxylic acids is 1. The van der Waals surface area contributed by atoms with E-state index in [2.05, 4.69) is 20.9 Å². The normalized spacial score (nSPS) is 10.1. The van der Waals surface area contributed by atoms with Gasteiger partial charge in [-0.2, -0.15) is 4.98 Å². The minimum Gasteiger partial charge on any atom is -0.345 e. The van der Waals surface area contributed by atoms with Crippen LogP contribution in [0.2, 0.25) is 0 Å². The summed E-state index contributed by atoms with van der Waals surface area (Å²) in [7, 11) is 0. The zero-order valence-corrected chi connectivity index (χ0v) is 9.80. The molecule has 94 valence electrons. The Morgan fingerprint density at radius 2 is 2.11 bits per heavy atom. The number of hydrogen-bond donors (Lipinski definition) is 3. The van der Waals surface area contributed by atoms with E-state index in [0.29, 0.717) is 17.3 Å². The highest BCUT2D eigenvalue weighted by molar-refractivity contribution is 5.94. The van der Waals surface area contributed by atoms with Crippen LogP contribution in [0.25, 0.3) is 0 Å². The van der Waals surface area contributed by atoms with Crippen molar-refractivity contribution in [3.05, 3.63) is 41.5 Å². The molecule has 1 heterocycles. The Hall–Kier alpha value is -2.41. The second-order valence-electron chi connectivity index (χ2n) is 3.63. The number of amides is 1. The smallest absolute Gasteiger partial charge is 0.251 e. The van der Waals surface area contributed by atoms with Gasteiger partial charge in [0.2, 0.25) is 5.89 Å². The molecule has 2 aromatic rings. The standard InChI is InChI=1S/C11H13N5O2/c1-7-14-10(16-18-7)6-13-11(17)8-2-4-9(15-12)5-3-8/h2-5,15H,6,12H2,1H3,(H,13,17). The number of hydrogen-bond acceptors (Lipinski definition) is 6. The van der Waals surface area contributed by atoms with Crippen LogP contribution in [0.15, 0.2) is 28.8 Å². The number of benzene rings is 1. The number of hydrazine groups is 1. The quantitative estimate of drug-likeness (QED) is 0.539. The number of anilines is 1. The maximum atomic E-state index is 11.8. The predicted octanol–water partition coefficient (Wildman–Crippen LogP) is 0.594. The minimum atomic E-state index is -0.207. The van der Waals surface area contributed by atoms with Gasteiger partial charge in [0.1, 0.15) is 0 Å². The number of nitrogens with zero attached hydrogens (tertiary/aromatic N) is 2. The number of nitrogens with one attached hydrogen (secondary N) is 2. The molecule has 4 N–H and O–H groups in total. The van der Waals surface area contributed by atoms with Crippen molar-refractivity contribution < 1.29 is 9.32 Å². The Morgan fingerprint density at radius 1 is 1.39 bits per heavy atom. The van der Waals surface area contributed by atoms with Gasteiger partial charge < -0.3 is 15.3 Å². The van der Waals surface area contributed by atoms with Crippen LogP contribution in [0, 0.1) is 6.92 Å². The Bertz CT molecular complexity index is 535. The van der Waals surface area contributed by atoms with Gasteiger partial charge in [-0.3, -0.25) is 10.6 Å². The zero-order valence-electron chi connectivity index (χ0n) is 9.80. The molecule has 0 atom stereocenters. The molecule has 7 heteroatoms. The summed E-state index contributed by atoms with van der Waals surface area (Å²) >= 11 is 0. The number of aromatic nitrogens is 2. The molecule has 0 aliphatic heterocycles. The van der Waals surface area contributed by atoms with Gasteiger partial charge in [0.05, 0.1) is 6.54 Å². The Kier molecular flexibility index (Phi) is 3.54. The van der Waals surface area contributed by atoms with Crippen LogP contribution in [0.4, 0.5) is 5.69 Å². The summed E-state index contributed by atoms with van der Waals surface area (Å²) in [5, 5.41) is 6.37. The number of nitrogens with two attached hydrogens (primary N) is 1. The summed E-state index contributed by atoms with van der Waals surface area (Å²) in [4.78, 5) is 15.8. The molecule has 0 spiro atoms. The van der Waals surface area contributed by atoms with Crippen molar-refractivity contribution in [1.82, 2.24) is 15.5 Å². The van der Waals surface area contributed by atoms with Gasteiger partial charge >= 0.3 is 0 Å². The lowest BCUT2D eigenvalue weighted by Gasteiger charge is -2.04. The van der Waals surface area contributed by atoms with Gasteiger partial charge in [0, 0.05) is 18.2 Å². The number of nitrogen functional groups attached to an aromatic ring is 1. The van der Waals surface area contributed by atoms with Crippen LogP contribution < -0.4 is 16.6 Å². The van der Waals surface area contributed by atoms with E-state index in [0.717, 1.165) is 5.69 Å². The number of aryl methyl sites for hydroxylation is 1. The second-order valence-corrected chi connectivity index (χ2v) is 3.63. The summed E-state index contributed by atoms with van der Waals surface area (Å²) in [6.07, 6.45) is 0. The summed E-state index contributed by atoms with van der Waals surface area (Å²) in [5.41, 5.74) is 3.76. The molecule has 7 nitrogen and oxygen atoms in total. The highest BCUT2D eigenvalue weighted by atomic mass is 16.5. The molecule has 18 heavy (non-hydrogen) atoms. The van der Waals surface area contributed by atoms with Crippen molar-refractivity contribution in [3.63, 3.8) is 0 Å². The molecule has 1 aromatic carbocycles. The third kappa shape index (κ3) is 2.83. The Labute approximate surface area is 103 Å². The lowest BCUT2D eigenvalue weighted by atomic mass is 10.2. The van der Waals surface area contributed by atoms with Gasteiger partial charge in [0.25, 0.3) is 5.91 Å². The molecule has 0 aliphatic rings. The lowest BCUT2D eigenvalue weighted by molar-refractivity contribution is 0.0949. The number of carbonyl (C=O) groups is 1. The van der Waals surface area contributed by atoms with Gasteiger partial charge in [-0.05, 0) is 24.3 Å². The maximum Gasteiger partial charge on any atom is 0.251 e. The molecule has 0 unspecified atom stereocenters. The highest BCUT2D eigenvalue weighted by Gasteiger charge is 2.07. The zero-order chi connectivity index (χ0) is 13.0. The van der Waals surface area contributed by atoms with E-state index >= 15 is 0 Å². The average molecular weight is 247 g/mol. The fraction of sp³-hybridized carbons (Fsp3) is 0.182. The fourth-order valence-corrected chi connectivity index (χ4v) is 1.39. The second kappa shape index (κ2) is 5.28. The van der Waals surface area contributed by atoms with Crippen LogP contribution in [-0.4, -0.2) is 16.0 Å². The third-order valence-corrected chi connectivity index (χ3v) is 2.29. The first kappa shape index (κ1) is 12.1. The van der Waals surface area contributed by atoms with Crippen molar-refractivity contribution in [2.45, 2.75) is 13.5 Å². The summed E-state index contributed by atoms with van der Waals surface area (Å²) < 4.78 is 4.80. The summed E-state index contributed by atoms with van der Waals surface area (Å²) in [6, 6.07) is 6.78. The maximum absolute atomic E-state index is 11.8. The van der Waals surface area contributed by atoms with Gasteiger partial charge in [-0.1, -0.05) is 5.16 Å². The predicted molar refractivity (Wildman–Crippen MR) is 64.5 cm³/mol. The van der Waals surface area contributed by atoms with E-state index < -0.39 is 0 Å². The van der Waals surface area contributed by atoms with E-state index in [1.807, 2.05) is 0 Å². The first-order chi connectivity index (χ1) is 8.69. The molecule has 0 saturated heterocycles. The van der Waals surface area contributed by atoms with Crippen LogP contribution >= 0.6 is 0 Å². The summed E-state index contributed by atoms with van der Waals surface area (Å²) in [5.74, 6) is 5.94. The SMILES string of the molecule is Cc1nc(CNC(=O)c2ccc(NN)cc2)no1. The molecule has 0 aliphatic carbocycles. The molecule has 1 amide bonds. The van der Waals surface area contributed by atoms with Crippen LogP contribution in [-0.2, 0) is 6.54 Å². The van der Waals surface area contributed by atoms with Crippen LogP contribution in [0.3, 0.4) is 0 Å². The van der Waals surface area contributed by atoms with Crippen molar-refractivity contribution in [1.29, 1.82) is 0 Å². The average Bonchev–Trinajstić information content (AvgIpc) is 2.82. The lowest BCUT2D eigenvalue weighted by Crippen LogP contribution is -2.23. The summed E-state index contributed by atoms with van der Waals surface area (Å²) in [6.45, 7) is 1.92. The Morgan fingerprint density at radius 3 is 2.67 bits per heavy atom. The van der Waals surface area contributed by atoms with Crippen molar-refractivity contribution in [2.75, 3.05) is 5.43 Å². The monoisotopic (exact) mass is 247 g/mol. The van der Waals surface area contributed by atoms with Crippen molar-refractivity contribution >= 4 is 11.6 Å². The Balaban J connectivity index is 1.94. The van der Waals surface area contributed by atoms with Crippen molar-refractivity contribution in [3.8, 4) is 0 Å². The third-order valence-electron chi connectivity index (χ3n) is 2.29.